The van der Waals surface area contributed by atoms with Crippen molar-refractivity contribution in [3.05, 3.63) is 106 Å². The predicted molar refractivity (Wildman–Crippen MR) is 272 cm³/mol. The number of aliphatic carboxylic acids is 1. The van der Waals surface area contributed by atoms with Gasteiger partial charge in [0.05, 0.1) is 17.1 Å². The van der Waals surface area contributed by atoms with Crippen molar-refractivity contribution >= 4 is 71.8 Å². The number of nitrogens with zero attached hydrogens (tertiary/aromatic N) is 4. The number of hydrogen-bond donors (Lipinski definition) is 6. The summed E-state index contributed by atoms with van der Waals surface area (Å²) >= 11 is 0. The number of hydrogen-bond acceptors (Lipinski definition) is 10. The zero-order chi connectivity index (χ0) is 50.9. The molecule has 72 heavy (non-hydrogen) atoms. The van der Waals surface area contributed by atoms with Crippen LogP contribution in [-0.4, -0.2) is 109 Å². The summed E-state index contributed by atoms with van der Waals surface area (Å²) in [4.78, 5) is 118. The lowest BCUT2D eigenvalue weighted by Crippen LogP contribution is -2.60. The number of aromatic nitrogens is 2. The Morgan fingerprint density at radius 2 is 1.43 bits per heavy atom. The molecule has 3 aromatic carbocycles. The number of carbonyl (C=O) groups excluding carboxylic acids is 7. The number of rotatable bonds is 14. The summed E-state index contributed by atoms with van der Waals surface area (Å²) in [5.41, 5.74) is 15.9. The summed E-state index contributed by atoms with van der Waals surface area (Å²) in [5.74, 6) is -3.11. The molecule has 4 aromatic rings. The second-order valence-corrected chi connectivity index (χ2v) is 19.4. The van der Waals surface area contributed by atoms with E-state index in [0.717, 1.165) is 61.2 Å². The van der Waals surface area contributed by atoms with Crippen molar-refractivity contribution in [1.82, 2.24) is 34.9 Å². The van der Waals surface area contributed by atoms with Crippen LogP contribution < -0.4 is 33.1 Å². The van der Waals surface area contributed by atoms with Crippen molar-refractivity contribution in [3.8, 4) is 0 Å². The molecule has 3 saturated heterocycles. The van der Waals surface area contributed by atoms with Crippen molar-refractivity contribution in [2.24, 2.45) is 30.4 Å². The van der Waals surface area contributed by atoms with Gasteiger partial charge in [0.2, 0.25) is 41.4 Å². The second kappa shape index (κ2) is 24.6. The highest BCUT2D eigenvalue weighted by Crippen LogP contribution is 2.35. The summed E-state index contributed by atoms with van der Waals surface area (Å²) in [5, 5.41) is 15.7. The quantitative estimate of drug-likeness (QED) is 0.1000. The topological polar surface area (TPSA) is 278 Å². The molecule has 7 amide bonds. The summed E-state index contributed by atoms with van der Waals surface area (Å²) in [6.45, 7) is 1.51. The molecule has 4 aliphatic rings. The Morgan fingerprint density at radius 3 is 2.04 bits per heavy atom. The third-order valence-corrected chi connectivity index (χ3v) is 14.4. The maximum atomic E-state index is 14.1. The molecule has 1 saturated carbocycles. The molecule has 19 nitrogen and oxygen atoms in total. The van der Waals surface area contributed by atoms with Gasteiger partial charge >= 0.3 is 5.69 Å². The third-order valence-electron chi connectivity index (χ3n) is 14.4. The first-order valence-electron chi connectivity index (χ1n) is 24.6. The van der Waals surface area contributed by atoms with E-state index in [1.165, 1.54) is 4.57 Å². The Hall–Kier alpha value is -6.80. The van der Waals surface area contributed by atoms with Crippen molar-refractivity contribution in [2.75, 3.05) is 13.1 Å². The van der Waals surface area contributed by atoms with Crippen LogP contribution in [0.5, 0.6) is 0 Å². The van der Waals surface area contributed by atoms with E-state index in [-0.39, 0.29) is 75.2 Å². The molecule has 20 heteroatoms. The van der Waals surface area contributed by atoms with Crippen LogP contribution in [0, 0.1) is 11.8 Å². The Labute approximate surface area is 424 Å². The van der Waals surface area contributed by atoms with Crippen LogP contribution in [0.15, 0.2) is 83.7 Å². The molecule has 3 aliphatic heterocycles. The predicted octanol–water partition coefficient (Wildman–Crippen LogP) is 2.84. The van der Waals surface area contributed by atoms with Crippen LogP contribution in [0.4, 0.5) is 0 Å². The van der Waals surface area contributed by atoms with E-state index in [1.807, 2.05) is 78.9 Å². The number of imidazole rings is 1. The van der Waals surface area contributed by atoms with E-state index >= 15 is 0 Å². The van der Waals surface area contributed by atoms with Gasteiger partial charge in [-0.05, 0) is 105 Å². The first-order valence-corrected chi connectivity index (χ1v) is 24.6. The number of amides is 7. The number of fused-ring (bicyclic) bond motifs is 2. The lowest BCUT2D eigenvalue weighted by molar-refractivity contribution is -0.145. The molecule has 0 unspecified atom stereocenters. The molecule has 0 radical (unpaired) electrons. The highest BCUT2D eigenvalue weighted by atomic mass is 32.1. The summed E-state index contributed by atoms with van der Waals surface area (Å²) in [6, 6.07) is 20.1. The van der Waals surface area contributed by atoms with E-state index in [4.69, 9.17) is 21.4 Å². The largest absolute Gasteiger partial charge is 0.481 e. The number of imide groups is 1. The molecule has 386 valence electrons. The average molecular weight is 1010 g/mol. The minimum atomic E-state index is -1.11. The van der Waals surface area contributed by atoms with E-state index < -0.39 is 65.7 Å². The molecule has 4 fully saturated rings. The smallest absolute Gasteiger partial charge is 0.329 e. The van der Waals surface area contributed by atoms with Gasteiger partial charge in [-0.1, -0.05) is 66.7 Å². The zero-order valence-electron chi connectivity index (χ0n) is 40.8. The van der Waals surface area contributed by atoms with Gasteiger partial charge in [0.15, 0.2) is 0 Å². The molecular weight excluding hydrogens is 943 g/mol. The van der Waals surface area contributed by atoms with Crippen LogP contribution in [-0.2, 0) is 51.8 Å². The average Bonchev–Trinajstić information content (AvgIpc) is 3.87. The lowest BCUT2D eigenvalue weighted by Gasteiger charge is -2.38. The van der Waals surface area contributed by atoms with Gasteiger partial charge in [-0.25, -0.2) is 4.79 Å². The standard InChI is InChI=1S/C50H61N9O8.C2H4O2.H2S/c1-56-41-27-32(16-19-38(41)59(50(56)67)40-21-23-43(61)54-48(40)65)26-30-12-14-31(15-13-30)28-44(62)57-25-24-35-17-20-39(58(35)49(66)36(51)29-57)47(64)53-37(18-22-42(52)60)46(63)55-45(33-8-4-2-5-9-33)34-10-6-3-7-11-34;1-2(3)4;/h2-11,16,19,27,30-31,35-37,39-40,45H,12-15,17-18,20-26,28-29,51H2,1H3,(H2,52,60)(H,53,64)(H,55,63)(H,54,61,65);1H3,(H,3,4);1H2/t30?,31?,35-,36+,37+,39+,40-;;/m1../s1. The number of benzene rings is 3. The Balaban J connectivity index is 0.00000163. The third kappa shape index (κ3) is 13.2. The maximum Gasteiger partial charge on any atom is 0.329 e. The maximum absolute atomic E-state index is 14.1. The molecule has 1 aliphatic carbocycles. The lowest BCUT2D eigenvalue weighted by atomic mass is 9.78. The fraction of sp³-hybridized carbons (Fsp3) is 0.481. The van der Waals surface area contributed by atoms with E-state index in [2.05, 4.69) is 16.0 Å². The fourth-order valence-electron chi connectivity index (χ4n) is 10.7. The molecule has 0 bridgehead atoms. The van der Waals surface area contributed by atoms with Crippen LogP contribution >= 0.6 is 13.5 Å². The number of aryl methyl sites for hydroxylation is 1. The van der Waals surface area contributed by atoms with Crippen LogP contribution in [0.25, 0.3) is 11.0 Å². The number of piperidine rings is 1. The molecular formula is C52H67N9O10S. The number of carboxylic acids is 1. The highest BCUT2D eigenvalue weighted by molar-refractivity contribution is 7.59. The van der Waals surface area contributed by atoms with Crippen LogP contribution in [0.2, 0.25) is 0 Å². The first kappa shape index (κ1) is 54.5. The van der Waals surface area contributed by atoms with Crippen molar-refractivity contribution < 1.29 is 43.5 Å². The Kier molecular flexibility index (Phi) is 18.6. The molecule has 8 rings (SSSR count). The van der Waals surface area contributed by atoms with Gasteiger partial charge in [-0.15, -0.1) is 0 Å². The van der Waals surface area contributed by atoms with E-state index in [9.17, 15) is 38.4 Å². The van der Waals surface area contributed by atoms with Crippen molar-refractivity contribution in [1.29, 1.82) is 0 Å². The monoisotopic (exact) mass is 1010 g/mol. The fourth-order valence-corrected chi connectivity index (χ4v) is 10.7. The normalized spacial score (nSPS) is 22.5. The highest BCUT2D eigenvalue weighted by Gasteiger charge is 2.45. The van der Waals surface area contributed by atoms with Crippen LogP contribution in [0.1, 0.15) is 113 Å². The van der Waals surface area contributed by atoms with Gasteiger partial charge in [-0.3, -0.25) is 52.8 Å². The van der Waals surface area contributed by atoms with E-state index in [0.29, 0.717) is 43.7 Å². The Morgan fingerprint density at radius 1 is 0.806 bits per heavy atom. The molecule has 1 aromatic heterocycles. The minimum absolute atomic E-state index is 0. The summed E-state index contributed by atoms with van der Waals surface area (Å²) < 4.78 is 3.04. The molecule has 5 atom stereocenters. The summed E-state index contributed by atoms with van der Waals surface area (Å²) in [7, 11) is 1.69. The number of carboxylic acid groups (broad SMARTS) is 1. The number of nitrogens with one attached hydrogen (secondary N) is 3. The molecule has 0 spiro atoms. The summed E-state index contributed by atoms with van der Waals surface area (Å²) in [6.07, 6.45) is 6.47. The second-order valence-electron chi connectivity index (χ2n) is 19.4. The van der Waals surface area contributed by atoms with Crippen LogP contribution in [0.3, 0.4) is 0 Å². The van der Waals surface area contributed by atoms with Crippen molar-refractivity contribution in [3.63, 3.8) is 0 Å². The number of nitrogens with two attached hydrogens (primary N) is 2. The van der Waals surface area contributed by atoms with E-state index in [1.54, 1.807) is 21.4 Å². The first-order chi connectivity index (χ1) is 34.0. The van der Waals surface area contributed by atoms with Gasteiger partial charge < -0.3 is 37.0 Å². The zero-order valence-corrected chi connectivity index (χ0v) is 41.8. The number of primary amides is 1. The number of carbonyl (C=O) groups is 8. The Bertz CT molecular complexity index is 2640. The molecule has 8 N–H and O–H groups in total. The SMILES string of the molecule is CC(=O)O.Cn1c(=O)n([C@@H]2CCC(=O)NC2=O)c2ccc(CC3CCC(CC(=O)N4CC[C@H]5CC[C@@H](C(=O)N[C@@H](CCC(N)=O)C(=O)NC(c6ccccc6)c6ccccc6)N5C(=O)[C@@H](N)C4)CC3)cc21.S. The van der Waals surface area contributed by atoms with Gasteiger partial charge in [0.25, 0.3) is 5.97 Å². The van der Waals surface area contributed by atoms with Crippen molar-refractivity contribution in [2.45, 2.75) is 127 Å². The van der Waals surface area contributed by atoms with Gasteiger partial charge in [0, 0.05) is 52.4 Å². The minimum Gasteiger partial charge on any atom is -0.481 e. The van der Waals surface area contributed by atoms with Gasteiger partial charge in [-0.2, -0.15) is 13.5 Å². The van der Waals surface area contributed by atoms with Gasteiger partial charge in [0.1, 0.15) is 24.2 Å². The molecule has 4 heterocycles.